The second kappa shape index (κ2) is 8.45. The van der Waals surface area contributed by atoms with E-state index in [2.05, 4.69) is 0 Å². The quantitative estimate of drug-likeness (QED) is 0.715. The Hall–Kier alpha value is -2.29. The first kappa shape index (κ1) is 21.0. The van der Waals surface area contributed by atoms with Gasteiger partial charge in [-0.1, -0.05) is 23.7 Å². The van der Waals surface area contributed by atoms with E-state index in [9.17, 15) is 13.2 Å². The minimum absolute atomic E-state index is 0.0709. The monoisotopic (exact) mass is 450 g/mol. The molecule has 2 aromatic carbocycles. The van der Waals surface area contributed by atoms with E-state index in [-0.39, 0.29) is 22.4 Å². The van der Waals surface area contributed by atoms with Crippen molar-refractivity contribution in [1.29, 1.82) is 0 Å². The number of halogens is 1. The third-order valence-corrected chi connectivity index (χ3v) is 7.65. The molecule has 0 saturated carbocycles. The van der Waals surface area contributed by atoms with Gasteiger partial charge in [0, 0.05) is 13.1 Å². The van der Waals surface area contributed by atoms with Gasteiger partial charge < -0.3 is 14.4 Å². The Morgan fingerprint density at radius 2 is 2.00 bits per heavy atom. The average Bonchev–Trinajstić information content (AvgIpc) is 2.78. The molecule has 7 nitrogen and oxygen atoms in total. The molecule has 0 radical (unpaired) electrons. The molecule has 0 aliphatic carbocycles. The van der Waals surface area contributed by atoms with Gasteiger partial charge in [-0.3, -0.25) is 4.79 Å². The number of amides is 1. The lowest BCUT2D eigenvalue weighted by molar-refractivity contribution is -0.123. The lowest BCUT2D eigenvalue weighted by Crippen LogP contribution is -2.48. The van der Waals surface area contributed by atoms with Crippen LogP contribution in [0.2, 0.25) is 5.02 Å². The van der Waals surface area contributed by atoms with E-state index in [1.165, 1.54) is 29.6 Å². The Balaban J connectivity index is 1.55. The van der Waals surface area contributed by atoms with Crippen LogP contribution in [0.25, 0.3) is 0 Å². The third-order valence-electron chi connectivity index (χ3n) is 5.49. The molecule has 0 aromatic heterocycles. The molecule has 160 valence electrons. The fraction of sp³-hybridized carbons (Fsp3) is 0.381. The molecule has 30 heavy (non-hydrogen) atoms. The van der Waals surface area contributed by atoms with Gasteiger partial charge in [-0.25, -0.2) is 8.42 Å². The summed E-state index contributed by atoms with van der Waals surface area (Å²) in [5.74, 6) is 0.602. The number of rotatable bonds is 4. The van der Waals surface area contributed by atoms with Gasteiger partial charge >= 0.3 is 0 Å². The zero-order valence-corrected chi connectivity index (χ0v) is 18.2. The standard InChI is InChI=1S/C21H23ClN2O5S/c1-28-19-9-8-16(13-17(19)22)30(26,27)23-10-4-5-15(14-23)21(25)24-11-12-29-20-7-3-2-6-18(20)24/h2-3,6-9,13,15H,4-5,10-12,14H2,1H3/t15-/m1/s1. The van der Waals surface area contributed by atoms with Crippen molar-refractivity contribution in [2.45, 2.75) is 17.7 Å². The molecule has 0 bridgehead atoms. The highest BCUT2D eigenvalue weighted by atomic mass is 35.5. The number of fused-ring (bicyclic) bond motifs is 1. The minimum atomic E-state index is -3.77. The van der Waals surface area contributed by atoms with Gasteiger partial charge in [0.1, 0.15) is 18.1 Å². The molecular formula is C21H23ClN2O5S. The third kappa shape index (κ3) is 3.87. The van der Waals surface area contributed by atoms with Gasteiger partial charge in [0.05, 0.1) is 35.2 Å². The fourth-order valence-corrected chi connectivity index (χ4v) is 5.81. The largest absolute Gasteiger partial charge is 0.495 e. The SMILES string of the molecule is COc1ccc(S(=O)(=O)N2CCC[C@@H](C(=O)N3CCOc4ccccc43)C2)cc1Cl. The van der Waals surface area contributed by atoms with E-state index in [1.807, 2.05) is 24.3 Å². The number of hydrogen-bond acceptors (Lipinski definition) is 5. The summed E-state index contributed by atoms with van der Waals surface area (Å²) in [6.45, 7) is 1.38. The number of sulfonamides is 1. The molecule has 2 aromatic rings. The van der Waals surface area contributed by atoms with Crippen molar-refractivity contribution in [3.05, 3.63) is 47.5 Å². The lowest BCUT2D eigenvalue weighted by atomic mass is 9.97. The van der Waals surface area contributed by atoms with E-state index in [0.717, 1.165) is 5.69 Å². The zero-order chi connectivity index (χ0) is 21.3. The van der Waals surface area contributed by atoms with E-state index in [4.69, 9.17) is 21.1 Å². The number of hydrogen-bond donors (Lipinski definition) is 0. The minimum Gasteiger partial charge on any atom is -0.495 e. The van der Waals surface area contributed by atoms with Gasteiger partial charge in [-0.15, -0.1) is 0 Å². The summed E-state index contributed by atoms with van der Waals surface area (Å²) >= 11 is 6.12. The molecule has 9 heteroatoms. The molecule has 4 rings (SSSR count). The van der Waals surface area contributed by atoms with Crippen LogP contribution in [-0.4, -0.2) is 52.0 Å². The van der Waals surface area contributed by atoms with Crippen molar-refractivity contribution in [3.8, 4) is 11.5 Å². The van der Waals surface area contributed by atoms with Crippen molar-refractivity contribution in [2.75, 3.05) is 38.3 Å². The predicted octanol–water partition coefficient (Wildman–Crippen LogP) is 3.17. The highest BCUT2D eigenvalue weighted by Gasteiger charge is 2.36. The Kier molecular flexibility index (Phi) is 5.90. The van der Waals surface area contributed by atoms with Crippen LogP contribution in [0.1, 0.15) is 12.8 Å². The van der Waals surface area contributed by atoms with Gasteiger partial charge in [-0.2, -0.15) is 4.31 Å². The second-order valence-corrected chi connectivity index (χ2v) is 9.65. The molecule has 2 aliphatic rings. The average molecular weight is 451 g/mol. The number of carbonyl (C=O) groups is 1. The normalized spacial score (nSPS) is 19.7. The van der Waals surface area contributed by atoms with Crippen molar-refractivity contribution in [2.24, 2.45) is 5.92 Å². The molecule has 0 unspecified atom stereocenters. The van der Waals surface area contributed by atoms with E-state index < -0.39 is 15.9 Å². The van der Waals surface area contributed by atoms with E-state index >= 15 is 0 Å². The first-order chi connectivity index (χ1) is 14.4. The van der Waals surface area contributed by atoms with Crippen LogP contribution in [0.3, 0.4) is 0 Å². The van der Waals surface area contributed by atoms with Gasteiger partial charge in [0.15, 0.2) is 0 Å². The van der Waals surface area contributed by atoms with Crippen LogP contribution < -0.4 is 14.4 Å². The number of carbonyl (C=O) groups excluding carboxylic acids is 1. The summed E-state index contributed by atoms with van der Waals surface area (Å²) in [5, 5.41) is 0.230. The number of ether oxygens (including phenoxy) is 2. The summed E-state index contributed by atoms with van der Waals surface area (Å²) in [4.78, 5) is 15.1. The second-order valence-electron chi connectivity index (χ2n) is 7.30. The fourth-order valence-electron chi connectivity index (χ4n) is 3.94. The molecule has 1 saturated heterocycles. The van der Waals surface area contributed by atoms with Crippen molar-refractivity contribution >= 4 is 33.2 Å². The first-order valence-corrected chi connectivity index (χ1v) is 11.6. The number of nitrogens with zero attached hydrogens (tertiary/aromatic N) is 2. The van der Waals surface area contributed by atoms with Crippen molar-refractivity contribution < 1.29 is 22.7 Å². The number of para-hydroxylation sites is 2. The first-order valence-electron chi connectivity index (χ1n) is 9.78. The van der Waals surface area contributed by atoms with Crippen LogP contribution in [0.4, 0.5) is 5.69 Å². The molecule has 2 aliphatic heterocycles. The Bertz CT molecular complexity index is 1060. The Morgan fingerprint density at radius 1 is 1.20 bits per heavy atom. The van der Waals surface area contributed by atoms with Gasteiger partial charge in [-0.05, 0) is 43.2 Å². The molecule has 0 N–H and O–H groups in total. The summed E-state index contributed by atoms with van der Waals surface area (Å²) in [7, 11) is -2.30. The Morgan fingerprint density at radius 3 is 2.77 bits per heavy atom. The van der Waals surface area contributed by atoms with Crippen LogP contribution in [0.15, 0.2) is 47.4 Å². The maximum Gasteiger partial charge on any atom is 0.243 e. The van der Waals surface area contributed by atoms with Crippen LogP contribution >= 0.6 is 11.6 Å². The van der Waals surface area contributed by atoms with Crippen LogP contribution in [0, 0.1) is 5.92 Å². The molecule has 1 amide bonds. The smallest absolute Gasteiger partial charge is 0.243 e. The molecule has 1 fully saturated rings. The molecular weight excluding hydrogens is 428 g/mol. The summed E-state index contributed by atoms with van der Waals surface area (Å²) < 4.78 is 38.4. The maximum atomic E-state index is 13.3. The predicted molar refractivity (Wildman–Crippen MR) is 114 cm³/mol. The summed E-state index contributed by atoms with van der Waals surface area (Å²) in [6.07, 6.45) is 1.26. The number of benzene rings is 2. The van der Waals surface area contributed by atoms with Gasteiger partial charge in [0.25, 0.3) is 0 Å². The summed E-state index contributed by atoms with van der Waals surface area (Å²) in [5.41, 5.74) is 0.732. The molecule has 1 atom stereocenters. The lowest BCUT2D eigenvalue weighted by Gasteiger charge is -2.36. The van der Waals surface area contributed by atoms with E-state index in [0.29, 0.717) is 44.0 Å². The number of anilines is 1. The zero-order valence-electron chi connectivity index (χ0n) is 16.6. The van der Waals surface area contributed by atoms with Crippen molar-refractivity contribution in [1.82, 2.24) is 4.31 Å². The highest BCUT2D eigenvalue weighted by Crippen LogP contribution is 2.34. The number of methoxy groups -OCH3 is 1. The Labute approximate surface area is 181 Å². The van der Waals surface area contributed by atoms with Crippen LogP contribution in [-0.2, 0) is 14.8 Å². The molecule has 0 spiro atoms. The van der Waals surface area contributed by atoms with E-state index in [1.54, 1.807) is 4.90 Å². The number of piperidine rings is 1. The van der Waals surface area contributed by atoms with Crippen LogP contribution in [0.5, 0.6) is 11.5 Å². The van der Waals surface area contributed by atoms with Gasteiger partial charge in [0.2, 0.25) is 15.9 Å². The molecule has 2 heterocycles. The van der Waals surface area contributed by atoms with Crippen molar-refractivity contribution in [3.63, 3.8) is 0 Å². The topological polar surface area (TPSA) is 76.2 Å². The maximum absolute atomic E-state index is 13.3. The summed E-state index contributed by atoms with van der Waals surface area (Å²) in [6, 6.07) is 11.8. The highest BCUT2D eigenvalue weighted by molar-refractivity contribution is 7.89.